The fourth-order valence-corrected chi connectivity index (χ4v) is 1.59. The molecule has 1 aromatic carbocycles. The van der Waals surface area contributed by atoms with Crippen LogP contribution in [0, 0.1) is 11.3 Å². The lowest BCUT2D eigenvalue weighted by Gasteiger charge is -2.27. The molecule has 76 valence electrons. The van der Waals surface area contributed by atoms with E-state index in [2.05, 4.69) is 5.32 Å². The first kappa shape index (κ1) is 9.53. The Balaban J connectivity index is 2.21. The molecule has 0 bridgehead atoms. The molecule has 15 heavy (non-hydrogen) atoms. The molecule has 0 aliphatic carbocycles. The van der Waals surface area contributed by atoms with E-state index in [-0.39, 0.29) is 6.03 Å². The third-order valence-corrected chi connectivity index (χ3v) is 2.39. The van der Waals surface area contributed by atoms with Gasteiger partial charge >= 0.3 is 6.03 Å². The highest BCUT2D eigenvalue weighted by Gasteiger charge is 2.18. The van der Waals surface area contributed by atoms with Crippen LogP contribution in [0.25, 0.3) is 0 Å². The molecule has 0 unspecified atom stereocenters. The van der Waals surface area contributed by atoms with Crippen LogP contribution in [0.1, 0.15) is 12.0 Å². The topological polar surface area (TPSA) is 56.1 Å². The van der Waals surface area contributed by atoms with Crippen molar-refractivity contribution >= 4 is 11.7 Å². The zero-order valence-electron chi connectivity index (χ0n) is 8.23. The van der Waals surface area contributed by atoms with Gasteiger partial charge in [-0.3, -0.25) is 4.90 Å². The van der Waals surface area contributed by atoms with Crippen molar-refractivity contribution in [3.05, 3.63) is 29.8 Å². The van der Waals surface area contributed by atoms with Crippen LogP contribution in [0.2, 0.25) is 0 Å². The van der Waals surface area contributed by atoms with Crippen molar-refractivity contribution in [2.75, 3.05) is 18.0 Å². The molecular weight excluding hydrogens is 190 g/mol. The molecule has 1 N–H and O–H groups in total. The summed E-state index contributed by atoms with van der Waals surface area (Å²) in [6.07, 6.45) is 0.950. The molecule has 1 fully saturated rings. The molecule has 0 atom stereocenters. The summed E-state index contributed by atoms with van der Waals surface area (Å²) in [5.74, 6) is 0. The number of nitriles is 1. The highest BCUT2D eigenvalue weighted by Crippen LogP contribution is 2.16. The van der Waals surface area contributed by atoms with Crippen LogP contribution in [0.3, 0.4) is 0 Å². The summed E-state index contributed by atoms with van der Waals surface area (Å²) < 4.78 is 0. The predicted molar refractivity (Wildman–Crippen MR) is 56.5 cm³/mol. The molecule has 2 rings (SSSR count). The van der Waals surface area contributed by atoms with Gasteiger partial charge in [0.25, 0.3) is 0 Å². The Bertz CT molecular complexity index is 405. The summed E-state index contributed by atoms with van der Waals surface area (Å²) in [4.78, 5) is 13.2. The highest BCUT2D eigenvalue weighted by atomic mass is 16.2. The van der Waals surface area contributed by atoms with Gasteiger partial charge in [-0.15, -0.1) is 0 Å². The number of benzene rings is 1. The van der Waals surface area contributed by atoms with Crippen molar-refractivity contribution in [2.45, 2.75) is 6.42 Å². The summed E-state index contributed by atoms with van der Waals surface area (Å²) in [6.45, 7) is 1.48. The zero-order chi connectivity index (χ0) is 10.7. The first-order valence-electron chi connectivity index (χ1n) is 4.87. The second kappa shape index (κ2) is 4.01. The van der Waals surface area contributed by atoms with E-state index in [0.717, 1.165) is 25.2 Å². The Labute approximate surface area is 88.1 Å². The minimum absolute atomic E-state index is 0.0639. The maximum absolute atomic E-state index is 11.5. The molecule has 1 saturated heterocycles. The Kier molecular flexibility index (Phi) is 2.55. The van der Waals surface area contributed by atoms with Crippen LogP contribution < -0.4 is 10.2 Å². The lowest BCUT2D eigenvalue weighted by Crippen LogP contribution is -2.46. The van der Waals surface area contributed by atoms with Crippen LogP contribution in [0.15, 0.2) is 24.3 Å². The van der Waals surface area contributed by atoms with Gasteiger partial charge in [-0.1, -0.05) is 0 Å². The van der Waals surface area contributed by atoms with Crippen LogP contribution >= 0.6 is 0 Å². The van der Waals surface area contributed by atoms with Gasteiger partial charge in [0, 0.05) is 18.8 Å². The van der Waals surface area contributed by atoms with Crippen LogP contribution in [0.4, 0.5) is 10.5 Å². The lowest BCUT2D eigenvalue weighted by atomic mass is 10.2. The molecule has 4 heteroatoms. The standard InChI is InChI=1S/C11H11N3O/c12-8-9-2-4-10(5-3-9)14-7-1-6-13-11(14)15/h2-5H,1,6-7H2,(H,13,15). The highest BCUT2D eigenvalue weighted by molar-refractivity contribution is 5.92. The van der Waals surface area contributed by atoms with E-state index in [4.69, 9.17) is 5.26 Å². The average molecular weight is 201 g/mol. The number of carbonyl (C=O) groups is 1. The van der Waals surface area contributed by atoms with E-state index >= 15 is 0 Å². The molecule has 1 aromatic rings. The van der Waals surface area contributed by atoms with E-state index in [1.54, 1.807) is 29.2 Å². The van der Waals surface area contributed by atoms with E-state index in [1.165, 1.54) is 0 Å². The van der Waals surface area contributed by atoms with Crippen molar-refractivity contribution in [3.63, 3.8) is 0 Å². The number of urea groups is 1. The summed E-state index contributed by atoms with van der Waals surface area (Å²) in [5.41, 5.74) is 1.45. The third kappa shape index (κ3) is 1.91. The van der Waals surface area contributed by atoms with Gasteiger partial charge in [0.05, 0.1) is 11.6 Å². The molecule has 4 nitrogen and oxygen atoms in total. The second-order valence-electron chi connectivity index (χ2n) is 3.40. The molecule has 2 amide bonds. The van der Waals surface area contributed by atoms with Crippen LogP contribution in [0.5, 0.6) is 0 Å². The maximum atomic E-state index is 11.5. The summed E-state index contributed by atoms with van der Waals surface area (Å²) in [6, 6.07) is 9.01. The molecule has 1 heterocycles. The van der Waals surface area contributed by atoms with Crippen LogP contribution in [-0.2, 0) is 0 Å². The molecule has 0 radical (unpaired) electrons. The molecule has 1 aliphatic heterocycles. The number of hydrogen-bond acceptors (Lipinski definition) is 2. The number of rotatable bonds is 1. The number of nitrogens with one attached hydrogen (secondary N) is 1. The Morgan fingerprint density at radius 3 is 2.67 bits per heavy atom. The number of anilines is 1. The minimum atomic E-state index is -0.0639. The van der Waals surface area contributed by atoms with Gasteiger partial charge in [0.1, 0.15) is 0 Å². The largest absolute Gasteiger partial charge is 0.338 e. The smallest absolute Gasteiger partial charge is 0.321 e. The van der Waals surface area contributed by atoms with Gasteiger partial charge in [0.2, 0.25) is 0 Å². The molecule has 1 aliphatic rings. The molecule has 0 spiro atoms. The van der Waals surface area contributed by atoms with Crippen molar-refractivity contribution in [1.82, 2.24) is 5.32 Å². The first-order chi connectivity index (χ1) is 7.31. The Morgan fingerprint density at radius 2 is 2.07 bits per heavy atom. The normalized spacial score (nSPS) is 15.7. The quantitative estimate of drug-likeness (QED) is 0.748. The number of carbonyl (C=O) groups excluding carboxylic acids is 1. The van der Waals surface area contributed by atoms with E-state index in [0.29, 0.717) is 5.56 Å². The van der Waals surface area contributed by atoms with Gasteiger partial charge in [-0.25, -0.2) is 4.79 Å². The SMILES string of the molecule is N#Cc1ccc(N2CCCNC2=O)cc1. The maximum Gasteiger partial charge on any atom is 0.321 e. The van der Waals surface area contributed by atoms with E-state index in [1.807, 2.05) is 6.07 Å². The monoisotopic (exact) mass is 201 g/mol. The van der Waals surface area contributed by atoms with E-state index in [9.17, 15) is 4.79 Å². The fourth-order valence-electron chi connectivity index (χ4n) is 1.59. The first-order valence-corrected chi connectivity index (χ1v) is 4.87. The fraction of sp³-hybridized carbons (Fsp3) is 0.273. The van der Waals surface area contributed by atoms with Gasteiger partial charge in [-0.2, -0.15) is 5.26 Å². The van der Waals surface area contributed by atoms with Crippen molar-refractivity contribution in [2.24, 2.45) is 0 Å². The lowest BCUT2D eigenvalue weighted by molar-refractivity contribution is 0.243. The van der Waals surface area contributed by atoms with Gasteiger partial charge < -0.3 is 5.32 Å². The number of hydrogen-bond donors (Lipinski definition) is 1. The zero-order valence-corrected chi connectivity index (χ0v) is 8.23. The van der Waals surface area contributed by atoms with E-state index < -0.39 is 0 Å². The van der Waals surface area contributed by atoms with Crippen molar-refractivity contribution in [1.29, 1.82) is 5.26 Å². The minimum Gasteiger partial charge on any atom is -0.338 e. The number of nitrogens with zero attached hydrogens (tertiary/aromatic N) is 2. The van der Waals surface area contributed by atoms with Gasteiger partial charge in [-0.05, 0) is 30.7 Å². The van der Waals surface area contributed by atoms with Crippen molar-refractivity contribution in [3.8, 4) is 6.07 Å². The molecule has 0 aromatic heterocycles. The number of amides is 2. The summed E-state index contributed by atoms with van der Waals surface area (Å²) in [7, 11) is 0. The Hall–Kier alpha value is -2.02. The average Bonchev–Trinajstić information content (AvgIpc) is 2.30. The van der Waals surface area contributed by atoms with Gasteiger partial charge in [0.15, 0.2) is 0 Å². The van der Waals surface area contributed by atoms with Crippen molar-refractivity contribution < 1.29 is 4.79 Å². The predicted octanol–water partition coefficient (Wildman–Crippen LogP) is 1.48. The third-order valence-electron chi connectivity index (χ3n) is 2.39. The van der Waals surface area contributed by atoms with Crippen LogP contribution in [-0.4, -0.2) is 19.1 Å². The molecule has 0 saturated carbocycles. The summed E-state index contributed by atoms with van der Waals surface area (Å²) >= 11 is 0. The Morgan fingerprint density at radius 1 is 1.33 bits per heavy atom. The second-order valence-corrected chi connectivity index (χ2v) is 3.40. The summed E-state index contributed by atoms with van der Waals surface area (Å²) in [5, 5.41) is 11.4. The molecular formula is C11H11N3O.